The molecule has 1 spiro atoms. The van der Waals surface area contributed by atoms with E-state index in [9.17, 15) is 4.79 Å². The van der Waals surface area contributed by atoms with E-state index in [-0.39, 0.29) is 11.9 Å². The summed E-state index contributed by atoms with van der Waals surface area (Å²) < 4.78 is 0. The maximum absolute atomic E-state index is 11.2. The first kappa shape index (κ1) is 14.8. The third-order valence-electron chi connectivity index (χ3n) is 5.26. The highest BCUT2D eigenvalue weighted by Gasteiger charge is 2.35. The minimum Gasteiger partial charge on any atom is -0.368 e. The second-order valence-electron chi connectivity index (χ2n) is 6.43. The van der Waals surface area contributed by atoms with E-state index in [1.54, 1.807) is 0 Å². The topological polar surface area (TPSA) is 58.4 Å². The van der Waals surface area contributed by atoms with E-state index in [4.69, 9.17) is 5.73 Å². The normalized spacial score (nSPS) is 25.3. The SMILES string of the molecule is CNC(CCN1CCC2(CCCCC2)CC1)C(N)=O. The van der Waals surface area contributed by atoms with Crippen LogP contribution in [0.2, 0.25) is 0 Å². The number of rotatable bonds is 5. The van der Waals surface area contributed by atoms with Crippen LogP contribution in [0.15, 0.2) is 0 Å². The number of amides is 1. The Balaban J connectivity index is 1.72. The van der Waals surface area contributed by atoms with Crippen molar-refractivity contribution in [3.05, 3.63) is 0 Å². The van der Waals surface area contributed by atoms with E-state index in [1.807, 2.05) is 7.05 Å². The Morgan fingerprint density at radius 3 is 2.37 bits per heavy atom. The Kier molecular flexibility index (Phi) is 5.22. The number of nitrogens with one attached hydrogen (secondary N) is 1. The molecule has 4 nitrogen and oxygen atoms in total. The summed E-state index contributed by atoms with van der Waals surface area (Å²) in [6, 6.07) is -0.175. The number of hydrogen-bond donors (Lipinski definition) is 2. The van der Waals surface area contributed by atoms with Gasteiger partial charge in [-0.25, -0.2) is 0 Å². The average Bonchev–Trinajstić information content (AvgIpc) is 2.42. The van der Waals surface area contributed by atoms with E-state index < -0.39 is 0 Å². The summed E-state index contributed by atoms with van der Waals surface area (Å²) in [5.74, 6) is -0.233. The van der Waals surface area contributed by atoms with Crippen LogP contribution >= 0.6 is 0 Å². The van der Waals surface area contributed by atoms with Gasteiger partial charge in [0.15, 0.2) is 0 Å². The largest absolute Gasteiger partial charge is 0.368 e. The highest BCUT2D eigenvalue weighted by molar-refractivity contribution is 5.79. The van der Waals surface area contributed by atoms with E-state index in [2.05, 4.69) is 10.2 Å². The van der Waals surface area contributed by atoms with Gasteiger partial charge in [-0.2, -0.15) is 0 Å². The highest BCUT2D eigenvalue weighted by atomic mass is 16.1. The molecule has 0 aromatic carbocycles. The smallest absolute Gasteiger partial charge is 0.234 e. The number of nitrogens with zero attached hydrogens (tertiary/aromatic N) is 1. The van der Waals surface area contributed by atoms with Gasteiger partial charge in [-0.1, -0.05) is 19.3 Å². The summed E-state index contributed by atoms with van der Waals surface area (Å²) in [6.07, 6.45) is 10.7. The molecule has 19 heavy (non-hydrogen) atoms. The van der Waals surface area contributed by atoms with Crippen molar-refractivity contribution in [1.82, 2.24) is 10.2 Å². The molecular weight excluding hydrogens is 238 g/mol. The van der Waals surface area contributed by atoms with E-state index in [0.29, 0.717) is 5.41 Å². The standard InChI is InChI=1S/C15H29N3O/c1-17-13(14(16)19)5-10-18-11-8-15(9-12-18)6-3-2-4-7-15/h13,17H,2-12H2,1H3,(H2,16,19). The number of carbonyl (C=O) groups excluding carboxylic acids is 1. The van der Waals surface area contributed by atoms with Crippen molar-refractivity contribution in [1.29, 1.82) is 0 Å². The Hall–Kier alpha value is -0.610. The van der Waals surface area contributed by atoms with Crippen LogP contribution in [0.4, 0.5) is 0 Å². The van der Waals surface area contributed by atoms with Gasteiger partial charge in [0.05, 0.1) is 6.04 Å². The molecule has 1 amide bonds. The zero-order chi connectivity index (χ0) is 13.7. The first-order chi connectivity index (χ1) is 9.15. The lowest BCUT2D eigenvalue weighted by Crippen LogP contribution is -2.45. The van der Waals surface area contributed by atoms with Gasteiger partial charge in [0.25, 0.3) is 0 Å². The van der Waals surface area contributed by atoms with Gasteiger partial charge in [-0.05, 0) is 57.7 Å². The van der Waals surface area contributed by atoms with Crippen molar-refractivity contribution >= 4 is 5.91 Å². The monoisotopic (exact) mass is 267 g/mol. The molecule has 3 N–H and O–H groups in total. The lowest BCUT2D eigenvalue weighted by atomic mass is 9.68. The van der Waals surface area contributed by atoms with Crippen LogP contribution in [0.5, 0.6) is 0 Å². The zero-order valence-electron chi connectivity index (χ0n) is 12.3. The van der Waals surface area contributed by atoms with Crippen LogP contribution in [-0.4, -0.2) is 43.5 Å². The number of nitrogens with two attached hydrogens (primary N) is 1. The van der Waals surface area contributed by atoms with E-state index in [0.717, 1.165) is 13.0 Å². The van der Waals surface area contributed by atoms with Gasteiger partial charge in [0.1, 0.15) is 0 Å². The molecule has 2 aliphatic rings. The van der Waals surface area contributed by atoms with Crippen LogP contribution in [0.3, 0.4) is 0 Å². The molecule has 1 saturated heterocycles. The Bertz CT molecular complexity index is 290. The number of piperidine rings is 1. The number of likely N-dealkylation sites (tertiary alicyclic amines) is 1. The number of hydrogen-bond acceptors (Lipinski definition) is 3. The van der Waals surface area contributed by atoms with Crippen LogP contribution in [0.1, 0.15) is 51.4 Å². The summed E-state index contributed by atoms with van der Waals surface area (Å²) in [4.78, 5) is 13.7. The van der Waals surface area contributed by atoms with Crippen molar-refractivity contribution in [3.8, 4) is 0 Å². The Morgan fingerprint density at radius 2 is 1.84 bits per heavy atom. The summed E-state index contributed by atoms with van der Waals surface area (Å²) in [6.45, 7) is 3.40. The lowest BCUT2D eigenvalue weighted by Gasteiger charge is -2.44. The zero-order valence-corrected chi connectivity index (χ0v) is 12.3. The Labute approximate surface area is 117 Å². The Morgan fingerprint density at radius 1 is 1.21 bits per heavy atom. The fourth-order valence-electron chi connectivity index (χ4n) is 3.79. The van der Waals surface area contributed by atoms with E-state index >= 15 is 0 Å². The molecule has 0 aromatic heterocycles. The molecule has 2 fully saturated rings. The highest BCUT2D eigenvalue weighted by Crippen LogP contribution is 2.44. The first-order valence-electron chi connectivity index (χ1n) is 7.84. The van der Waals surface area contributed by atoms with Gasteiger partial charge >= 0.3 is 0 Å². The van der Waals surface area contributed by atoms with Gasteiger partial charge in [-0.3, -0.25) is 4.79 Å². The van der Waals surface area contributed by atoms with Crippen molar-refractivity contribution < 1.29 is 4.79 Å². The second kappa shape index (κ2) is 6.71. The van der Waals surface area contributed by atoms with Gasteiger partial charge in [0, 0.05) is 6.54 Å². The molecule has 110 valence electrons. The molecule has 1 saturated carbocycles. The second-order valence-corrected chi connectivity index (χ2v) is 6.43. The molecule has 1 aliphatic carbocycles. The van der Waals surface area contributed by atoms with Crippen LogP contribution in [0, 0.1) is 5.41 Å². The van der Waals surface area contributed by atoms with Crippen LogP contribution < -0.4 is 11.1 Å². The van der Waals surface area contributed by atoms with Crippen molar-refractivity contribution in [3.63, 3.8) is 0 Å². The number of carbonyl (C=O) groups is 1. The lowest BCUT2D eigenvalue weighted by molar-refractivity contribution is -0.120. The third-order valence-corrected chi connectivity index (χ3v) is 5.26. The fourth-order valence-corrected chi connectivity index (χ4v) is 3.79. The van der Waals surface area contributed by atoms with Crippen LogP contribution in [0.25, 0.3) is 0 Å². The number of primary amides is 1. The molecular formula is C15H29N3O. The maximum Gasteiger partial charge on any atom is 0.234 e. The molecule has 1 aliphatic heterocycles. The predicted octanol–water partition coefficient (Wildman–Crippen LogP) is 1.50. The van der Waals surface area contributed by atoms with E-state index in [1.165, 1.54) is 58.0 Å². The molecule has 0 radical (unpaired) electrons. The van der Waals surface area contributed by atoms with Gasteiger partial charge in [-0.15, -0.1) is 0 Å². The van der Waals surface area contributed by atoms with Crippen molar-refractivity contribution in [2.75, 3.05) is 26.7 Å². The number of likely N-dealkylation sites (N-methyl/N-ethyl adjacent to an activating group) is 1. The quantitative estimate of drug-likeness (QED) is 0.793. The molecule has 0 bridgehead atoms. The van der Waals surface area contributed by atoms with Crippen LogP contribution in [-0.2, 0) is 4.79 Å². The molecule has 2 rings (SSSR count). The summed E-state index contributed by atoms with van der Waals surface area (Å²) in [5, 5.41) is 3.00. The minimum absolute atomic E-state index is 0.175. The molecule has 1 unspecified atom stereocenters. The third kappa shape index (κ3) is 3.93. The van der Waals surface area contributed by atoms with Crippen molar-refractivity contribution in [2.24, 2.45) is 11.1 Å². The molecule has 0 aromatic rings. The summed E-state index contributed by atoms with van der Waals surface area (Å²) >= 11 is 0. The predicted molar refractivity (Wildman–Crippen MR) is 77.9 cm³/mol. The molecule has 4 heteroatoms. The summed E-state index contributed by atoms with van der Waals surface area (Å²) in [7, 11) is 1.81. The van der Waals surface area contributed by atoms with Gasteiger partial charge < -0.3 is 16.0 Å². The van der Waals surface area contributed by atoms with Gasteiger partial charge in [0.2, 0.25) is 5.91 Å². The average molecular weight is 267 g/mol. The maximum atomic E-state index is 11.2. The first-order valence-corrected chi connectivity index (χ1v) is 7.84. The molecule has 1 atom stereocenters. The molecule has 1 heterocycles. The van der Waals surface area contributed by atoms with Crippen molar-refractivity contribution in [2.45, 2.75) is 57.4 Å². The fraction of sp³-hybridized carbons (Fsp3) is 0.933. The minimum atomic E-state index is -0.233. The summed E-state index contributed by atoms with van der Waals surface area (Å²) in [5.41, 5.74) is 6.02.